The van der Waals surface area contributed by atoms with Gasteiger partial charge in [-0.2, -0.15) is 5.26 Å². The number of nitrogens with zero attached hydrogens (tertiary/aromatic N) is 2. The Morgan fingerprint density at radius 1 is 1.03 bits per heavy atom. The van der Waals surface area contributed by atoms with E-state index in [1.165, 1.54) is 23.3 Å². The van der Waals surface area contributed by atoms with Crippen molar-refractivity contribution in [2.75, 3.05) is 18.4 Å². The summed E-state index contributed by atoms with van der Waals surface area (Å²) in [4.78, 5) is 14.7. The predicted octanol–water partition coefficient (Wildman–Crippen LogP) is 4.88. The summed E-state index contributed by atoms with van der Waals surface area (Å²) in [5, 5.41) is 14.8. The summed E-state index contributed by atoms with van der Waals surface area (Å²) in [6.07, 6.45) is 2.61. The zero-order valence-electron chi connectivity index (χ0n) is 18.4. The normalized spacial score (nSPS) is 15.3. The van der Waals surface area contributed by atoms with Gasteiger partial charge in [-0.3, -0.25) is 4.90 Å². The number of halogens is 1. The second kappa shape index (κ2) is 10.8. The standard InChI is InChI=1S/C27H27FN4O/c28-24-12-10-20(11-13-24)16-25-17-21-6-1-2-8-23(21)19-32(25)15-5-14-30-27(33)31-26-9-4-3-7-22(26)18-29/h1-4,6-13,25H,5,14-17,19H2,(H2,30,31,33). The van der Waals surface area contributed by atoms with Crippen molar-refractivity contribution in [1.29, 1.82) is 5.26 Å². The molecule has 33 heavy (non-hydrogen) atoms. The lowest BCUT2D eigenvalue weighted by Crippen LogP contribution is -2.43. The molecule has 0 radical (unpaired) electrons. The number of amides is 2. The lowest BCUT2D eigenvalue weighted by atomic mass is 9.90. The van der Waals surface area contributed by atoms with Gasteiger partial charge in [0.15, 0.2) is 0 Å². The van der Waals surface area contributed by atoms with Gasteiger partial charge < -0.3 is 10.6 Å². The largest absolute Gasteiger partial charge is 0.338 e. The van der Waals surface area contributed by atoms with Crippen molar-refractivity contribution in [2.45, 2.75) is 31.8 Å². The van der Waals surface area contributed by atoms with Crippen LogP contribution < -0.4 is 10.6 Å². The molecular weight excluding hydrogens is 415 g/mol. The molecule has 0 saturated carbocycles. The molecular formula is C27H27FN4O. The first kappa shape index (κ1) is 22.5. The maximum atomic E-state index is 13.3. The van der Waals surface area contributed by atoms with Crippen molar-refractivity contribution in [3.63, 3.8) is 0 Å². The van der Waals surface area contributed by atoms with E-state index in [-0.39, 0.29) is 11.8 Å². The minimum atomic E-state index is -0.315. The van der Waals surface area contributed by atoms with Crippen LogP contribution in [0.25, 0.3) is 0 Å². The highest BCUT2D eigenvalue weighted by atomic mass is 19.1. The van der Waals surface area contributed by atoms with E-state index in [4.69, 9.17) is 5.26 Å². The molecule has 1 unspecified atom stereocenters. The molecule has 2 N–H and O–H groups in total. The third-order valence-corrected chi connectivity index (χ3v) is 6.05. The number of hydrogen-bond donors (Lipinski definition) is 2. The summed E-state index contributed by atoms with van der Waals surface area (Å²) in [5.41, 5.74) is 4.77. The Hall–Kier alpha value is -3.69. The molecule has 0 fully saturated rings. The van der Waals surface area contributed by atoms with Gasteiger partial charge in [-0.05, 0) is 60.2 Å². The maximum Gasteiger partial charge on any atom is 0.319 e. The van der Waals surface area contributed by atoms with Gasteiger partial charge in [0.05, 0.1) is 11.3 Å². The van der Waals surface area contributed by atoms with Crippen LogP contribution in [-0.4, -0.2) is 30.1 Å². The summed E-state index contributed by atoms with van der Waals surface area (Å²) in [6, 6.07) is 24.3. The second-order valence-electron chi connectivity index (χ2n) is 8.32. The lowest BCUT2D eigenvalue weighted by molar-refractivity contribution is 0.168. The first-order valence-electron chi connectivity index (χ1n) is 11.2. The van der Waals surface area contributed by atoms with Crippen LogP contribution in [-0.2, 0) is 19.4 Å². The zero-order valence-corrected chi connectivity index (χ0v) is 18.4. The Bertz CT molecular complexity index is 1140. The van der Waals surface area contributed by atoms with Crippen LogP contribution >= 0.6 is 0 Å². The molecule has 6 heteroatoms. The first-order valence-corrected chi connectivity index (χ1v) is 11.2. The van der Waals surface area contributed by atoms with E-state index in [0.717, 1.165) is 37.9 Å². The number of nitrogens with one attached hydrogen (secondary N) is 2. The van der Waals surface area contributed by atoms with Gasteiger partial charge in [0.2, 0.25) is 0 Å². The number of carbonyl (C=O) groups excluding carboxylic acids is 1. The second-order valence-corrected chi connectivity index (χ2v) is 8.32. The van der Waals surface area contributed by atoms with E-state index in [9.17, 15) is 9.18 Å². The van der Waals surface area contributed by atoms with E-state index >= 15 is 0 Å². The Balaban J connectivity index is 1.33. The number of benzene rings is 3. The van der Waals surface area contributed by atoms with Crippen LogP contribution in [0.1, 0.15) is 28.7 Å². The fraction of sp³-hybridized carbons (Fsp3) is 0.259. The molecule has 0 bridgehead atoms. The summed E-state index contributed by atoms with van der Waals surface area (Å²) in [5.74, 6) is -0.216. The summed E-state index contributed by atoms with van der Waals surface area (Å²) in [7, 11) is 0. The molecule has 168 valence electrons. The fourth-order valence-corrected chi connectivity index (χ4v) is 4.34. The number of para-hydroxylation sites is 1. The van der Waals surface area contributed by atoms with Gasteiger partial charge in [-0.15, -0.1) is 0 Å². The van der Waals surface area contributed by atoms with E-state index in [1.807, 2.05) is 12.1 Å². The van der Waals surface area contributed by atoms with Gasteiger partial charge in [0.25, 0.3) is 0 Å². The van der Waals surface area contributed by atoms with E-state index in [0.29, 0.717) is 23.8 Å². The average Bonchev–Trinajstić information content (AvgIpc) is 2.83. The number of nitriles is 1. The molecule has 3 aromatic carbocycles. The number of fused-ring (bicyclic) bond motifs is 1. The van der Waals surface area contributed by atoms with Crippen LogP contribution in [0.5, 0.6) is 0 Å². The first-order chi connectivity index (χ1) is 16.1. The van der Waals surface area contributed by atoms with Gasteiger partial charge in [-0.25, -0.2) is 9.18 Å². The van der Waals surface area contributed by atoms with Crippen LogP contribution in [0.15, 0.2) is 72.8 Å². The van der Waals surface area contributed by atoms with Crippen molar-refractivity contribution < 1.29 is 9.18 Å². The molecule has 1 atom stereocenters. The Morgan fingerprint density at radius 3 is 2.55 bits per heavy atom. The number of urea groups is 1. The summed E-state index contributed by atoms with van der Waals surface area (Å²) < 4.78 is 13.3. The van der Waals surface area contributed by atoms with Crippen molar-refractivity contribution in [2.24, 2.45) is 0 Å². The molecule has 1 aliphatic rings. The Morgan fingerprint density at radius 2 is 1.76 bits per heavy atom. The Labute approximate surface area is 193 Å². The molecule has 3 aromatic rings. The highest BCUT2D eigenvalue weighted by Gasteiger charge is 2.25. The summed E-state index contributed by atoms with van der Waals surface area (Å²) >= 11 is 0. The molecule has 0 aromatic heterocycles. The predicted molar refractivity (Wildman–Crippen MR) is 127 cm³/mol. The molecule has 1 heterocycles. The van der Waals surface area contributed by atoms with Crippen LogP contribution in [0.4, 0.5) is 14.9 Å². The van der Waals surface area contributed by atoms with Gasteiger partial charge in [-0.1, -0.05) is 48.5 Å². The fourth-order valence-electron chi connectivity index (χ4n) is 4.34. The van der Waals surface area contributed by atoms with Gasteiger partial charge in [0, 0.05) is 25.7 Å². The van der Waals surface area contributed by atoms with Gasteiger partial charge >= 0.3 is 6.03 Å². The molecule has 2 amide bonds. The van der Waals surface area contributed by atoms with E-state index in [2.05, 4.69) is 45.9 Å². The van der Waals surface area contributed by atoms with Crippen LogP contribution in [0.2, 0.25) is 0 Å². The number of rotatable bonds is 7. The van der Waals surface area contributed by atoms with Crippen molar-refractivity contribution in [3.8, 4) is 6.07 Å². The number of carbonyl (C=O) groups is 1. The SMILES string of the molecule is N#Cc1ccccc1NC(=O)NCCCN1Cc2ccccc2CC1Cc1ccc(F)cc1. The van der Waals surface area contributed by atoms with E-state index < -0.39 is 0 Å². The van der Waals surface area contributed by atoms with Gasteiger partial charge in [0.1, 0.15) is 11.9 Å². The molecule has 0 aliphatic carbocycles. The zero-order chi connectivity index (χ0) is 23.0. The van der Waals surface area contributed by atoms with Crippen molar-refractivity contribution in [3.05, 3.63) is 101 Å². The van der Waals surface area contributed by atoms with E-state index in [1.54, 1.807) is 24.3 Å². The highest BCUT2D eigenvalue weighted by Crippen LogP contribution is 2.25. The molecule has 1 aliphatic heterocycles. The van der Waals surface area contributed by atoms with Crippen molar-refractivity contribution >= 4 is 11.7 Å². The Kier molecular flexibility index (Phi) is 7.33. The minimum absolute atomic E-state index is 0.216. The molecule has 5 nitrogen and oxygen atoms in total. The number of anilines is 1. The smallest absolute Gasteiger partial charge is 0.319 e. The minimum Gasteiger partial charge on any atom is -0.338 e. The molecule has 0 saturated heterocycles. The quantitative estimate of drug-likeness (QED) is 0.513. The third-order valence-electron chi connectivity index (χ3n) is 6.05. The molecule has 0 spiro atoms. The maximum absolute atomic E-state index is 13.3. The van der Waals surface area contributed by atoms with Crippen molar-refractivity contribution in [1.82, 2.24) is 10.2 Å². The highest BCUT2D eigenvalue weighted by molar-refractivity contribution is 5.90. The monoisotopic (exact) mass is 442 g/mol. The average molecular weight is 443 g/mol. The summed E-state index contributed by atoms with van der Waals surface area (Å²) in [6.45, 7) is 2.24. The molecule has 4 rings (SSSR count). The van der Waals surface area contributed by atoms with Crippen LogP contribution in [0.3, 0.4) is 0 Å². The third kappa shape index (κ3) is 5.97. The lowest BCUT2D eigenvalue weighted by Gasteiger charge is -2.37. The number of hydrogen-bond acceptors (Lipinski definition) is 3. The van der Waals surface area contributed by atoms with Crippen LogP contribution in [0, 0.1) is 17.1 Å². The topological polar surface area (TPSA) is 68.2 Å².